The summed E-state index contributed by atoms with van der Waals surface area (Å²) in [4.78, 5) is 12.1. The van der Waals surface area contributed by atoms with Crippen molar-refractivity contribution >= 4 is 21.3 Å². The van der Waals surface area contributed by atoms with E-state index in [-0.39, 0.29) is 4.90 Å². The van der Waals surface area contributed by atoms with E-state index >= 15 is 0 Å². The Hall–Kier alpha value is -2.14. The number of benzene rings is 2. The molecule has 0 heterocycles. The van der Waals surface area contributed by atoms with Crippen molar-refractivity contribution in [2.24, 2.45) is 0 Å². The zero-order chi connectivity index (χ0) is 13.9. The summed E-state index contributed by atoms with van der Waals surface area (Å²) in [6, 6.07) is 14.1. The molecule has 0 fully saturated rings. The Labute approximate surface area is 111 Å². The molecule has 0 aromatic heterocycles. The zero-order valence-corrected chi connectivity index (χ0v) is 10.9. The van der Waals surface area contributed by atoms with Crippen LogP contribution in [0.3, 0.4) is 0 Å². The Morgan fingerprint density at radius 2 is 1.53 bits per heavy atom. The van der Waals surface area contributed by atoms with Gasteiger partial charge in [0, 0.05) is 11.3 Å². The molecule has 2 N–H and O–H groups in total. The van der Waals surface area contributed by atoms with Gasteiger partial charge >= 0.3 is 0 Å². The Balaban J connectivity index is 2.22. The first-order valence-electron chi connectivity index (χ1n) is 5.65. The van der Waals surface area contributed by atoms with Crippen molar-refractivity contribution < 1.29 is 13.2 Å². The summed E-state index contributed by atoms with van der Waals surface area (Å²) in [5.41, 5.74) is 6.39. The number of ketones is 1. The van der Waals surface area contributed by atoms with Crippen molar-refractivity contribution in [1.82, 2.24) is 0 Å². The van der Waals surface area contributed by atoms with Crippen LogP contribution in [0.5, 0.6) is 0 Å². The minimum atomic E-state index is -3.60. The highest BCUT2D eigenvalue weighted by Gasteiger charge is 2.19. The van der Waals surface area contributed by atoms with Gasteiger partial charge in [0.2, 0.25) is 0 Å². The molecule has 0 saturated heterocycles. The smallest absolute Gasteiger partial charge is 0.185 e. The summed E-state index contributed by atoms with van der Waals surface area (Å²) < 4.78 is 24.1. The highest BCUT2D eigenvalue weighted by molar-refractivity contribution is 7.92. The molecule has 2 rings (SSSR count). The number of sulfone groups is 1. The van der Waals surface area contributed by atoms with E-state index in [9.17, 15) is 13.2 Å². The molecular weight excluding hydrogens is 262 g/mol. The molecule has 0 unspecified atom stereocenters. The van der Waals surface area contributed by atoms with Crippen molar-refractivity contribution in [3.63, 3.8) is 0 Å². The lowest BCUT2D eigenvalue weighted by molar-refractivity contribution is 0.102. The molecule has 0 spiro atoms. The second-order valence-electron chi connectivity index (χ2n) is 4.12. The van der Waals surface area contributed by atoms with Gasteiger partial charge in [0.05, 0.1) is 4.90 Å². The SMILES string of the molecule is Nc1ccc(C(=O)CS(=O)(=O)c2ccccc2)cc1. The Morgan fingerprint density at radius 3 is 2.11 bits per heavy atom. The molecule has 0 aliphatic heterocycles. The molecule has 0 radical (unpaired) electrons. The quantitative estimate of drug-likeness (QED) is 0.683. The summed E-state index contributed by atoms with van der Waals surface area (Å²) >= 11 is 0. The fourth-order valence-corrected chi connectivity index (χ4v) is 2.89. The van der Waals surface area contributed by atoms with Crippen molar-refractivity contribution in [3.8, 4) is 0 Å². The minimum absolute atomic E-state index is 0.152. The van der Waals surface area contributed by atoms with Crippen LogP contribution < -0.4 is 5.73 Å². The van der Waals surface area contributed by atoms with Gasteiger partial charge < -0.3 is 5.73 Å². The van der Waals surface area contributed by atoms with Gasteiger partial charge in [-0.2, -0.15) is 0 Å². The maximum Gasteiger partial charge on any atom is 0.185 e. The lowest BCUT2D eigenvalue weighted by Crippen LogP contribution is -2.16. The van der Waals surface area contributed by atoms with Crippen LogP contribution in [0.25, 0.3) is 0 Å². The first-order chi connectivity index (χ1) is 8.99. The third-order valence-corrected chi connectivity index (χ3v) is 4.29. The summed E-state index contributed by atoms with van der Waals surface area (Å²) in [5, 5.41) is 0. The number of hydrogen-bond donors (Lipinski definition) is 1. The molecule has 2 aromatic carbocycles. The van der Waals surface area contributed by atoms with Crippen molar-refractivity contribution in [3.05, 3.63) is 60.2 Å². The molecule has 0 aliphatic carbocycles. The van der Waals surface area contributed by atoms with E-state index in [4.69, 9.17) is 5.73 Å². The molecule has 0 atom stereocenters. The molecule has 0 bridgehead atoms. The molecule has 0 amide bonds. The molecule has 2 aromatic rings. The Kier molecular flexibility index (Phi) is 3.66. The number of carbonyl (C=O) groups excluding carboxylic acids is 1. The van der Waals surface area contributed by atoms with Gasteiger partial charge in [-0.05, 0) is 36.4 Å². The number of anilines is 1. The standard InChI is InChI=1S/C14H13NO3S/c15-12-8-6-11(7-9-12)14(16)10-19(17,18)13-4-2-1-3-5-13/h1-9H,10,15H2. The highest BCUT2D eigenvalue weighted by atomic mass is 32.2. The summed E-state index contributed by atoms with van der Waals surface area (Å²) in [5.74, 6) is -0.982. The van der Waals surface area contributed by atoms with Gasteiger partial charge in [-0.1, -0.05) is 18.2 Å². The van der Waals surface area contributed by atoms with E-state index in [1.54, 1.807) is 30.3 Å². The third kappa shape index (κ3) is 3.20. The average Bonchev–Trinajstić information content (AvgIpc) is 2.40. The van der Waals surface area contributed by atoms with Crippen molar-refractivity contribution in [2.45, 2.75) is 4.90 Å². The van der Waals surface area contributed by atoms with E-state index in [1.165, 1.54) is 24.3 Å². The van der Waals surface area contributed by atoms with Crippen LogP contribution in [0, 0.1) is 0 Å². The maximum absolute atomic E-state index is 12.0. The average molecular weight is 275 g/mol. The number of nitrogens with two attached hydrogens (primary N) is 1. The van der Waals surface area contributed by atoms with Crippen LogP contribution in [-0.2, 0) is 9.84 Å². The fraction of sp³-hybridized carbons (Fsp3) is 0.0714. The highest BCUT2D eigenvalue weighted by Crippen LogP contribution is 2.13. The number of carbonyl (C=O) groups is 1. The topological polar surface area (TPSA) is 77.2 Å². The number of rotatable bonds is 4. The minimum Gasteiger partial charge on any atom is -0.399 e. The first-order valence-corrected chi connectivity index (χ1v) is 7.31. The molecule has 5 heteroatoms. The van der Waals surface area contributed by atoms with Gasteiger partial charge in [0.25, 0.3) is 0 Å². The van der Waals surface area contributed by atoms with E-state index < -0.39 is 21.4 Å². The summed E-state index contributed by atoms with van der Waals surface area (Å²) in [7, 11) is -3.60. The van der Waals surface area contributed by atoms with E-state index in [0.29, 0.717) is 11.3 Å². The van der Waals surface area contributed by atoms with Gasteiger partial charge in [0.15, 0.2) is 15.6 Å². The van der Waals surface area contributed by atoms with E-state index in [0.717, 1.165) is 0 Å². The zero-order valence-electron chi connectivity index (χ0n) is 10.1. The van der Waals surface area contributed by atoms with E-state index in [2.05, 4.69) is 0 Å². The van der Waals surface area contributed by atoms with Gasteiger partial charge in [0.1, 0.15) is 5.75 Å². The lowest BCUT2D eigenvalue weighted by Gasteiger charge is -2.04. The normalized spacial score (nSPS) is 11.2. The summed E-state index contributed by atoms with van der Waals surface area (Å²) in [6.45, 7) is 0. The first kappa shape index (κ1) is 13.3. The molecular formula is C14H13NO3S. The van der Waals surface area contributed by atoms with Gasteiger partial charge in [-0.25, -0.2) is 8.42 Å². The third-order valence-electron chi connectivity index (χ3n) is 2.66. The van der Waals surface area contributed by atoms with Crippen LogP contribution in [0.2, 0.25) is 0 Å². The molecule has 0 aliphatic rings. The number of Topliss-reactive ketones (excluding diaryl/α,β-unsaturated/α-hetero) is 1. The number of nitrogen functional groups attached to an aromatic ring is 1. The molecule has 4 nitrogen and oxygen atoms in total. The van der Waals surface area contributed by atoms with Crippen LogP contribution in [-0.4, -0.2) is 20.0 Å². The monoisotopic (exact) mass is 275 g/mol. The predicted molar refractivity (Wildman–Crippen MR) is 73.7 cm³/mol. The Morgan fingerprint density at radius 1 is 0.947 bits per heavy atom. The van der Waals surface area contributed by atoms with Gasteiger partial charge in [-0.3, -0.25) is 4.79 Å². The van der Waals surface area contributed by atoms with Crippen molar-refractivity contribution in [1.29, 1.82) is 0 Å². The summed E-state index contributed by atoms with van der Waals surface area (Å²) in [6.07, 6.45) is 0. The molecule has 98 valence electrons. The Bertz CT molecular complexity index is 676. The lowest BCUT2D eigenvalue weighted by atomic mass is 10.1. The molecule has 19 heavy (non-hydrogen) atoms. The van der Waals surface area contributed by atoms with E-state index in [1.807, 2.05) is 0 Å². The molecule has 0 saturated carbocycles. The van der Waals surface area contributed by atoms with Gasteiger partial charge in [-0.15, -0.1) is 0 Å². The van der Waals surface area contributed by atoms with Crippen LogP contribution in [0.4, 0.5) is 5.69 Å². The maximum atomic E-state index is 12.0. The van der Waals surface area contributed by atoms with Crippen LogP contribution in [0.15, 0.2) is 59.5 Å². The van der Waals surface area contributed by atoms with Crippen LogP contribution >= 0.6 is 0 Å². The second kappa shape index (κ2) is 5.24. The predicted octanol–water partition coefficient (Wildman–Crippen LogP) is 1.93. The number of hydrogen-bond acceptors (Lipinski definition) is 4. The second-order valence-corrected chi connectivity index (χ2v) is 6.11. The van der Waals surface area contributed by atoms with Crippen molar-refractivity contribution in [2.75, 3.05) is 11.5 Å². The fourth-order valence-electron chi connectivity index (χ4n) is 1.64. The largest absolute Gasteiger partial charge is 0.399 e. The van der Waals surface area contributed by atoms with Crippen LogP contribution in [0.1, 0.15) is 10.4 Å².